The SMILES string of the molecule is CC(C)N1CCCC(N(C)C(=O)C=Cc2ccc3c(c2)OCO3)C1.CN(C(=O)c1cccc(Oc2ccccc2)c1)C1CCCN(CC2CC2)C1. The molecule has 0 N–H and O–H groups in total. The summed E-state index contributed by atoms with van der Waals surface area (Å²) < 4.78 is 16.5. The molecule has 1 aliphatic carbocycles. The van der Waals surface area contributed by atoms with E-state index in [0.717, 1.165) is 67.6 Å². The number of likely N-dealkylation sites (N-methyl/N-ethyl adjacent to an activating group) is 2. The molecule has 0 bridgehead atoms. The number of hydrogen-bond acceptors (Lipinski definition) is 7. The van der Waals surface area contributed by atoms with Gasteiger partial charge in [0.2, 0.25) is 12.7 Å². The normalized spacial score (nSPS) is 20.5. The van der Waals surface area contributed by atoms with Gasteiger partial charge in [-0.2, -0.15) is 0 Å². The molecule has 0 aromatic heterocycles. The zero-order chi connectivity index (χ0) is 35.7. The van der Waals surface area contributed by atoms with E-state index in [-0.39, 0.29) is 24.6 Å². The third kappa shape index (κ3) is 10.1. The van der Waals surface area contributed by atoms with E-state index in [1.807, 2.05) is 103 Å². The zero-order valence-corrected chi connectivity index (χ0v) is 30.7. The fraction of sp³-hybridized carbons (Fsp3) is 0.476. The number of carbonyl (C=O) groups is 2. The number of carbonyl (C=O) groups excluding carboxylic acids is 2. The summed E-state index contributed by atoms with van der Waals surface area (Å²) in [6, 6.07) is 24.0. The molecule has 3 aromatic rings. The van der Waals surface area contributed by atoms with Crippen molar-refractivity contribution >= 4 is 17.9 Å². The van der Waals surface area contributed by atoms with Crippen molar-refractivity contribution in [2.45, 2.75) is 70.5 Å². The maximum atomic E-state index is 13.0. The molecule has 3 fully saturated rings. The van der Waals surface area contributed by atoms with Crippen LogP contribution in [-0.4, -0.2) is 103 Å². The first-order chi connectivity index (χ1) is 24.7. The number of fused-ring (bicyclic) bond motifs is 1. The molecule has 4 aliphatic rings. The van der Waals surface area contributed by atoms with Crippen LogP contribution in [0.3, 0.4) is 0 Å². The molecule has 9 nitrogen and oxygen atoms in total. The van der Waals surface area contributed by atoms with Crippen LogP contribution in [0.25, 0.3) is 6.08 Å². The molecular weight excluding hydrogens is 640 g/mol. The Balaban J connectivity index is 0.000000177. The molecule has 7 rings (SSSR count). The molecule has 9 heteroatoms. The van der Waals surface area contributed by atoms with Crippen molar-refractivity contribution in [1.29, 1.82) is 0 Å². The van der Waals surface area contributed by atoms with Gasteiger partial charge in [-0.3, -0.25) is 14.5 Å². The first-order valence-corrected chi connectivity index (χ1v) is 18.6. The van der Waals surface area contributed by atoms with Crippen LogP contribution in [0.2, 0.25) is 0 Å². The Morgan fingerprint density at radius 2 is 1.55 bits per heavy atom. The number of piperidine rings is 2. The zero-order valence-electron chi connectivity index (χ0n) is 30.7. The van der Waals surface area contributed by atoms with Gasteiger partial charge in [0.1, 0.15) is 11.5 Å². The molecule has 2 amide bonds. The van der Waals surface area contributed by atoms with Gasteiger partial charge in [0.05, 0.1) is 0 Å². The highest BCUT2D eigenvalue weighted by Gasteiger charge is 2.31. The quantitative estimate of drug-likeness (QED) is 0.208. The van der Waals surface area contributed by atoms with E-state index >= 15 is 0 Å². The second-order valence-electron chi connectivity index (χ2n) is 14.6. The molecule has 3 aromatic carbocycles. The Morgan fingerprint density at radius 3 is 2.31 bits per heavy atom. The van der Waals surface area contributed by atoms with Gasteiger partial charge in [-0.25, -0.2) is 0 Å². The summed E-state index contributed by atoms with van der Waals surface area (Å²) >= 11 is 0. The summed E-state index contributed by atoms with van der Waals surface area (Å²) in [4.78, 5) is 34.3. The van der Waals surface area contributed by atoms with Crippen molar-refractivity contribution in [2.75, 3.05) is 53.6 Å². The van der Waals surface area contributed by atoms with E-state index in [1.54, 1.807) is 6.08 Å². The van der Waals surface area contributed by atoms with Crippen LogP contribution in [0.5, 0.6) is 23.0 Å². The molecule has 2 unspecified atom stereocenters. The van der Waals surface area contributed by atoms with Crippen molar-refractivity contribution in [2.24, 2.45) is 5.92 Å². The molecular formula is C42H54N4O5. The van der Waals surface area contributed by atoms with Crippen molar-refractivity contribution in [3.8, 4) is 23.0 Å². The number of para-hydroxylation sites is 1. The van der Waals surface area contributed by atoms with E-state index in [2.05, 4.69) is 23.6 Å². The van der Waals surface area contributed by atoms with Crippen LogP contribution in [0.4, 0.5) is 0 Å². The molecule has 2 atom stereocenters. The van der Waals surface area contributed by atoms with Crippen LogP contribution < -0.4 is 14.2 Å². The number of rotatable bonds is 10. The number of nitrogens with zero attached hydrogens (tertiary/aromatic N) is 4. The Kier molecular flexibility index (Phi) is 12.3. The van der Waals surface area contributed by atoms with Crippen molar-refractivity contribution < 1.29 is 23.8 Å². The summed E-state index contributed by atoms with van der Waals surface area (Å²) in [6.07, 6.45) is 10.7. The number of amides is 2. The maximum Gasteiger partial charge on any atom is 0.254 e. The van der Waals surface area contributed by atoms with Gasteiger partial charge < -0.3 is 28.9 Å². The van der Waals surface area contributed by atoms with Gasteiger partial charge in [0.15, 0.2) is 11.5 Å². The van der Waals surface area contributed by atoms with Crippen molar-refractivity contribution in [3.05, 3.63) is 90.0 Å². The Morgan fingerprint density at radius 1 is 0.824 bits per heavy atom. The number of hydrogen-bond donors (Lipinski definition) is 0. The lowest BCUT2D eigenvalue weighted by Crippen LogP contribution is -2.50. The minimum Gasteiger partial charge on any atom is -0.457 e. The van der Waals surface area contributed by atoms with Gasteiger partial charge in [-0.1, -0.05) is 30.3 Å². The minimum atomic E-state index is 0.0447. The van der Waals surface area contributed by atoms with E-state index in [1.165, 1.54) is 32.4 Å². The number of benzene rings is 3. The van der Waals surface area contributed by atoms with Gasteiger partial charge in [-0.15, -0.1) is 0 Å². The fourth-order valence-electron chi connectivity index (χ4n) is 7.12. The molecule has 3 aliphatic heterocycles. The summed E-state index contributed by atoms with van der Waals surface area (Å²) in [5.74, 6) is 3.98. The van der Waals surface area contributed by atoms with Crippen molar-refractivity contribution in [3.63, 3.8) is 0 Å². The van der Waals surface area contributed by atoms with E-state index < -0.39 is 0 Å². The molecule has 3 heterocycles. The molecule has 51 heavy (non-hydrogen) atoms. The van der Waals surface area contributed by atoms with Gasteiger partial charge >= 0.3 is 0 Å². The Labute approximate surface area is 303 Å². The van der Waals surface area contributed by atoms with Crippen LogP contribution >= 0.6 is 0 Å². The van der Waals surface area contributed by atoms with E-state index in [4.69, 9.17) is 14.2 Å². The highest BCUT2D eigenvalue weighted by atomic mass is 16.7. The maximum absolute atomic E-state index is 13.0. The van der Waals surface area contributed by atoms with Crippen LogP contribution in [-0.2, 0) is 4.79 Å². The molecule has 272 valence electrons. The third-order valence-corrected chi connectivity index (χ3v) is 10.5. The summed E-state index contributed by atoms with van der Waals surface area (Å²) in [7, 11) is 3.85. The topological polar surface area (TPSA) is 74.8 Å². The second kappa shape index (κ2) is 17.2. The lowest BCUT2D eigenvalue weighted by molar-refractivity contribution is -0.127. The molecule has 0 radical (unpaired) electrons. The smallest absolute Gasteiger partial charge is 0.254 e. The second-order valence-corrected chi connectivity index (χ2v) is 14.6. The van der Waals surface area contributed by atoms with Crippen LogP contribution in [0.15, 0.2) is 78.9 Å². The third-order valence-electron chi connectivity index (χ3n) is 10.5. The van der Waals surface area contributed by atoms with E-state index in [9.17, 15) is 9.59 Å². The first-order valence-electron chi connectivity index (χ1n) is 18.6. The largest absolute Gasteiger partial charge is 0.457 e. The monoisotopic (exact) mass is 694 g/mol. The average molecular weight is 695 g/mol. The predicted octanol–water partition coefficient (Wildman–Crippen LogP) is 7.19. The van der Waals surface area contributed by atoms with E-state index in [0.29, 0.717) is 23.4 Å². The first kappa shape index (κ1) is 36.5. The highest BCUT2D eigenvalue weighted by Crippen LogP contribution is 2.33. The molecule has 2 saturated heterocycles. The van der Waals surface area contributed by atoms with Gasteiger partial charge in [0.25, 0.3) is 5.91 Å². The van der Waals surface area contributed by atoms with Gasteiger partial charge in [0, 0.05) is 63.5 Å². The standard InChI is InChI=1S/C23H28N2O2.C19H26N2O3/c1-24(20-8-6-14-25(17-20)16-18-12-13-18)23(26)19-7-5-11-22(15-19)27-21-9-3-2-4-10-21;1-14(2)21-10-4-5-16(12-21)20(3)19(22)9-7-15-6-8-17-18(11-15)24-13-23-17/h2-5,7,9-11,15,18,20H,6,8,12-14,16-17H2,1H3;6-9,11,14,16H,4-5,10,12-13H2,1-3H3. The lowest BCUT2D eigenvalue weighted by atomic mass is 10.0. The van der Waals surface area contributed by atoms with Gasteiger partial charge in [-0.05, 0) is 125 Å². The fourth-order valence-corrected chi connectivity index (χ4v) is 7.12. The predicted molar refractivity (Wildman–Crippen MR) is 201 cm³/mol. The summed E-state index contributed by atoms with van der Waals surface area (Å²) in [5.41, 5.74) is 1.62. The Hall–Kier alpha value is -4.34. The van der Waals surface area contributed by atoms with Crippen LogP contribution in [0, 0.1) is 5.92 Å². The van der Waals surface area contributed by atoms with Crippen molar-refractivity contribution in [1.82, 2.24) is 19.6 Å². The minimum absolute atomic E-state index is 0.0447. The van der Waals surface area contributed by atoms with Crippen LogP contribution in [0.1, 0.15) is 68.3 Å². The number of likely N-dealkylation sites (tertiary alicyclic amines) is 2. The summed E-state index contributed by atoms with van der Waals surface area (Å²) in [6.45, 7) is 10.2. The molecule has 1 saturated carbocycles. The highest BCUT2D eigenvalue weighted by molar-refractivity contribution is 5.94. The lowest BCUT2D eigenvalue weighted by Gasteiger charge is -2.39. The molecule has 0 spiro atoms. The summed E-state index contributed by atoms with van der Waals surface area (Å²) in [5, 5.41) is 0. The average Bonchev–Trinajstić information content (AvgIpc) is 3.85. The number of ether oxygens (including phenoxy) is 3. The Bertz CT molecular complexity index is 1640.